The summed E-state index contributed by atoms with van der Waals surface area (Å²) in [5.74, 6) is 0.584. The maximum Gasteiger partial charge on any atom is 0.280 e. The highest BCUT2D eigenvalue weighted by atomic mass is 16.5. The van der Waals surface area contributed by atoms with Crippen molar-refractivity contribution in [2.45, 2.75) is 13.8 Å². The van der Waals surface area contributed by atoms with Gasteiger partial charge in [-0.3, -0.25) is 14.7 Å². The van der Waals surface area contributed by atoms with E-state index >= 15 is 0 Å². The highest BCUT2D eigenvalue weighted by molar-refractivity contribution is 6.01. The van der Waals surface area contributed by atoms with Gasteiger partial charge in [-0.15, -0.1) is 0 Å². The van der Waals surface area contributed by atoms with E-state index in [0.717, 1.165) is 0 Å². The Morgan fingerprint density at radius 3 is 2.19 bits per heavy atom. The predicted molar refractivity (Wildman–Crippen MR) is 117 cm³/mol. The van der Waals surface area contributed by atoms with Gasteiger partial charge in [-0.1, -0.05) is 18.2 Å². The molecule has 0 aliphatic heterocycles. The Hall–Kier alpha value is -4.01. The van der Waals surface area contributed by atoms with Crippen LogP contribution in [0.5, 0.6) is 17.2 Å². The van der Waals surface area contributed by atoms with Gasteiger partial charge in [0.15, 0.2) is 11.5 Å². The van der Waals surface area contributed by atoms with E-state index in [4.69, 9.17) is 14.2 Å². The van der Waals surface area contributed by atoms with E-state index in [0.29, 0.717) is 39.9 Å². The van der Waals surface area contributed by atoms with Gasteiger partial charge in [0.25, 0.3) is 11.5 Å². The second-order valence-electron chi connectivity index (χ2n) is 6.64. The van der Waals surface area contributed by atoms with Gasteiger partial charge < -0.3 is 14.2 Å². The monoisotopic (exact) mass is 424 g/mol. The fraction of sp³-hybridized carbons (Fsp3) is 0.227. The summed E-state index contributed by atoms with van der Waals surface area (Å²) in [6.45, 7) is 3.43. The van der Waals surface area contributed by atoms with E-state index in [-0.39, 0.29) is 11.1 Å². The smallest absolute Gasteiger partial charge is 0.280 e. The van der Waals surface area contributed by atoms with Crippen LogP contribution >= 0.6 is 0 Å². The fourth-order valence-electron chi connectivity index (χ4n) is 3.20. The number of aromatic amines is 1. The van der Waals surface area contributed by atoms with Crippen LogP contribution in [-0.4, -0.2) is 42.7 Å². The molecule has 0 atom stereocenters. The van der Waals surface area contributed by atoms with Gasteiger partial charge in [0.05, 0.1) is 38.3 Å². The Balaban J connectivity index is 1.89. The third kappa shape index (κ3) is 4.30. The molecule has 0 saturated heterocycles. The molecule has 162 valence electrons. The molecule has 0 aliphatic carbocycles. The lowest BCUT2D eigenvalue weighted by molar-refractivity contribution is 0.0954. The lowest BCUT2D eigenvalue weighted by Crippen LogP contribution is -2.23. The third-order valence-electron chi connectivity index (χ3n) is 4.70. The number of nitrogens with one attached hydrogen (secondary N) is 2. The number of methoxy groups -OCH3 is 3. The van der Waals surface area contributed by atoms with Crippen molar-refractivity contribution in [1.29, 1.82) is 0 Å². The normalized spacial score (nSPS) is 11.2. The number of rotatable bonds is 7. The van der Waals surface area contributed by atoms with E-state index in [2.05, 4.69) is 15.6 Å². The Bertz CT molecular complexity index is 1150. The minimum atomic E-state index is -0.491. The molecule has 0 fully saturated rings. The molecule has 2 aromatic carbocycles. The van der Waals surface area contributed by atoms with Crippen LogP contribution in [0.3, 0.4) is 0 Å². The number of H-pyrrole nitrogens is 1. The van der Waals surface area contributed by atoms with Gasteiger partial charge in [-0.05, 0) is 38.1 Å². The first-order chi connectivity index (χ1) is 14.9. The molecule has 31 heavy (non-hydrogen) atoms. The molecule has 9 nitrogen and oxygen atoms in total. The number of benzene rings is 2. The molecular formula is C22H24N4O5. The molecule has 0 aliphatic rings. The zero-order valence-corrected chi connectivity index (χ0v) is 18.0. The van der Waals surface area contributed by atoms with Crippen molar-refractivity contribution in [3.05, 3.63) is 69.6 Å². The number of carbonyl (C=O) groups excluding carboxylic acids is 1. The van der Waals surface area contributed by atoms with Crippen molar-refractivity contribution in [3.8, 4) is 22.9 Å². The van der Waals surface area contributed by atoms with Crippen LogP contribution in [0, 0.1) is 6.92 Å². The van der Waals surface area contributed by atoms with Crippen LogP contribution in [0.15, 0.2) is 52.4 Å². The summed E-state index contributed by atoms with van der Waals surface area (Å²) in [6, 6.07) is 12.2. The number of nitrogens with zero attached hydrogens (tertiary/aromatic N) is 2. The molecule has 2 N–H and O–H groups in total. The van der Waals surface area contributed by atoms with Gasteiger partial charge >= 0.3 is 0 Å². The van der Waals surface area contributed by atoms with Gasteiger partial charge in [-0.2, -0.15) is 5.10 Å². The Morgan fingerprint density at radius 2 is 1.65 bits per heavy atom. The molecule has 3 rings (SSSR count). The Kier molecular flexibility index (Phi) is 6.44. The van der Waals surface area contributed by atoms with Crippen molar-refractivity contribution >= 4 is 11.6 Å². The van der Waals surface area contributed by atoms with Crippen molar-refractivity contribution in [2.75, 3.05) is 21.3 Å². The largest absolute Gasteiger partial charge is 0.493 e. The number of aryl methyl sites for hydroxylation is 1. The van der Waals surface area contributed by atoms with Gasteiger partial charge in [0.2, 0.25) is 5.75 Å². The summed E-state index contributed by atoms with van der Waals surface area (Å²) in [6.07, 6.45) is 0. The topological polar surface area (TPSA) is 107 Å². The van der Waals surface area contributed by atoms with Crippen LogP contribution in [0.25, 0.3) is 5.69 Å². The van der Waals surface area contributed by atoms with Gasteiger partial charge in [-0.25, -0.2) is 10.1 Å². The molecule has 0 radical (unpaired) electrons. The second-order valence-corrected chi connectivity index (χ2v) is 6.64. The van der Waals surface area contributed by atoms with E-state index < -0.39 is 5.91 Å². The van der Waals surface area contributed by atoms with E-state index in [1.807, 2.05) is 30.3 Å². The summed E-state index contributed by atoms with van der Waals surface area (Å²) in [5, 5.41) is 7.16. The fourth-order valence-corrected chi connectivity index (χ4v) is 3.20. The molecule has 0 spiro atoms. The maximum absolute atomic E-state index is 12.9. The summed E-state index contributed by atoms with van der Waals surface area (Å²) in [7, 11) is 4.41. The number of hydrazone groups is 1. The van der Waals surface area contributed by atoms with Crippen molar-refractivity contribution in [3.63, 3.8) is 0 Å². The number of amides is 1. The number of carbonyl (C=O) groups is 1. The lowest BCUT2D eigenvalue weighted by Gasteiger charge is -2.13. The minimum absolute atomic E-state index is 0.257. The zero-order chi connectivity index (χ0) is 22.5. The van der Waals surface area contributed by atoms with Gasteiger partial charge in [0.1, 0.15) is 0 Å². The Morgan fingerprint density at radius 1 is 1.03 bits per heavy atom. The van der Waals surface area contributed by atoms with Crippen molar-refractivity contribution in [1.82, 2.24) is 15.2 Å². The second kappa shape index (κ2) is 9.21. The molecule has 1 heterocycles. The van der Waals surface area contributed by atoms with Gasteiger partial charge in [0, 0.05) is 11.3 Å². The van der Waals surface area contributed by atoms with E-state index in [1.54, 1.807) is 13.8 Å². The summed E-state index contributed by atoms with van der Waals surface area (Å²) < 4.78 is 17.2. The first kappa shape index (κ1) is 21.7. The highest BCUT2D eigenvalue weighted by Gasteiger charge is 2.18. The van der Waals surface area contributed by atoms with Crippen LogP contribution in [-0.2, 0) is 0 Å². The SMILES string of the molecule is COc1cc(C(=O)NN=C(C)c2c(C)[nH]n(-c3ccccc3)c2=O)cc(OC)c1OC. The average molecular weight is 424 g/mol. The first-order valence-corrected chi connectivity index (χ1v) is 9.43. The van der Waals surface area contributed by atoms with Crippen LogP contribution in [0.4, 0.5) is 0 Å². The summed E-state index contributed by atoms with van der Waals surface area (Å²) >= 11 is 0. The third-order valence-corrected chi connectivity index (χ3v) is 4.70. The maximum atomic E-state index is 12.9. The molecule has 0 saturated carbocycles. The number of hydrogen-bond donors (Lipinski definition) is 2. The molecule has 9 heteroatoms. The van der Waals surface area contributed by atoms with E-state index in [1.165, 1.54) is 38.1 Å². The minimum Gasteiger partial charge on any atom is -0.493 e. The molecular weight excluding hydrogens is 400 g/mol. The van der Waals surface area contributed by atoms with Crippen LogP contribution in [0.2, 0.25) is 0 Å². The number of para-hydroxylation sites is 1. The van der Waals surface area contributed by atoms with Crippen molar-refractivity contribution in [2.24, 2.45) is 5.10 Å². The van der Waals surface area contributed by atoms with Crippen molar-refractivity contribution < 1.29 is 19.0 Å². The van der Waals surface area contributed by atoms with Crippen LogP contribution < -0.4 is 25.2 Å². The number of hydrogen-bond acceptors (Lipinski definition) is 6. The lowest BCUT2D eigenvalue weighted by atomic mass is 10.1. The molecule has 3 aromatic rings. The standard InChI is InChI=1S/C22H24N4O5/c1-13(19-14(2)25-26(22(19)28)16-9-7-6-8-10-16)23-24-21(27)15-11-17(29-3)20(31-5)18(12-15)30-4/h6-12,25H,1-5H3,(H,24,27). The number of ether oxygens (including phenoxy) is 3. The molecule has 1 amide bonds. The molecule has 0 bridgehead atoms. The summed E-state index contributed by atoms with van der Waals surface area (Å²) in [5.41, 5.74) is 4.57. The highest BCUT2D eigenvalue weighted by Crippen LogP contribution is 2.38. The van der Waals surface area contributed by atoms with Crippen LogP contribution in [0.1, 0.15) is 28.5 Å². The van der Waals surface area contributed by atoms with E-state index in [9.17, 15) is 9.59 Å². The average Bonchev–Trinajstić information content (AvgIpc) is 3.10. The zero-order valence-electron chi connectivity index (χ0n) is 18.0. The predicted octanol–water partition coefficient (Wildman–Crippen LogP) is 2.65. The summed E-state index contributed by atoms with van der Waals surface area (Å²) in [4.78, 5) is 25.5. The molecule has 1 aromatic heterocycles. The quantitative estimate of drug-likeness (QED) is 0.448. The number of aromatic nitrogens is 2. The first-order valence-electron chi connectivity index (χ1n) is 9.43. The molecule has 0 unspecified atom stereocenters. The Labute approximate surface area is 179 Å².